The van der Waals surface area contributed by atoms with Crippen LogP contribution in [0, 0.1) is 11.8 Å². The van der Waals surface area contributed by atoms with Crippen LogP contribution in [0.2, 0.25) is 0 Å². The highest BCUT2D eigenvalue weighted by Crippen LogP contribution is 2.24. The number of carbonyl (C=O) groups is 1. The maximum atomic E-state index is 10.7. The van der Waals surface area contributed by atoms with E-state index < -0.39 is 5.97 Å². The second kappa shape index (κ2) is 3.22. The van der Waals surface area contributed by atoms with Gasteiger partial charge in [-0.1, -0.05) is 13.3 Å². The lowest BCUT2D eigenvalue weighted by Crippen LogP contribution is -2.21. The van der Waals surface area contributed by atoms with E-state index in [9.17, 15) is 4.79 Å². The Bertz CT molecular complexity index is 158. The monoisotopic (exact) mass is 157 g/mol. The molecule has 0 aliphatic carbocycles. The number of hydrogen-bond donors (Lipinski definition) is 1. The van der Waals surface area contributed by atoms with E-state index in [2.05, 4.69) is 11.8 Å². The molecule has 0 amide bonds. The Hall–Kier alpha value is -0.570. The summed E-state index contributed by atoms with van der Waals surface area (Å²) < 4.78 is 0. The zero-order chi connectivity index (χ0) is 8.43. The summed E-state index contributed by atoms with van der Waals surface area (Å²) in [5.74, 6) is -0.413. The van der Waals surface area contributed by atoms with Crippen molar-refractivity contribution in [3.8, 4) is 0 Å². The van der Waals surface area contributed by atoms with E-state index in [0.29, 0.717) is 12.5 Å². The van der Waals surface area contributed by atoms with Gasteiger partial charge in [0.05, 0.1) is 5.92 Å². The Labute approximate surface area is 67.0 Å². The van der Waals surface area contributed by atoms with Crippen LogP contribution >= 0.6 is 0 Å². The fraction of sp³-hybridized carbons (Fsp3) is 0.875. The molecule has 0 saturated carbocycles. The molecule has 64 valence electrons. The maximum Gasteiger partial charge on any atom is 0.308 e. The van der Waals surface area contributed by atoms with Gasteiger partial charge in [0.15, 0.2) is 0 Å². The van der Waals surface area contributed by atoms with Gasteiger partial charge in [0.2, 0.25) is 0 Å². The van der Waals surface area contributed by atoms with Crippen LogP contribution in [-0.2, 0) is 4.79 Å². The van der Waals surface area contributed by atoms with Crippen LogP contribution in [0.25, 0.3) is 0 Å². The number of rotatable bonds is 2. The van der Waals surface area contributed by atoms with Gasteiger partial charge >= 0.3 is 5.97 Å². The van der Waals surface area contributed by atoms with Gasteiger partial charge in [0.25, 0.3) is 0 Å². The van der Waals surface area contributed by atoms with Crippen molar-refractivity contribution < 1.29 is 9.90 Å². The maximum absolute atomic E-state index is 10.7. The summed E-state index contributed by atoms with van der Waals surface area (Å²) >= 11 is 0. The zero-order valence-electron chi connectivity index (χ0n) is 7.08. The van der Waals surface area contributed by atoms with E-state index in [0.717, 1.165) is 13.0 Å². The average molecular weight is 157 g/mol. The summed E-state index contributed by atoms with van der Waals surface area (Å²) in [4.78, 5) is 12.8. The Kier molecular flexibility index (Phi) is 2.49. The lowest BCUT2D eigenvalue weighted by Gasteiger charge is -2.10. The topological polar surface area (TPSA) is 40.5 Å². The van der Waals surface area contributed by atoms with Crippen molar-refractivity contribution in [3.05, 3.63) is 0 Å². The predicted octanol–water partition coefficient (Wildman–Crippen LogP) is 0.659. The highest BCUT2D eigenvalue weighted by atomic mass is 16.4. The van der Waals surface area contributed by atoms with Gasteiger partial charge in [-0.3, -0.25) is 4.79 Å². The predicted molar refractivity (Wildman–Crippen MR) is 42.4 cm³/mol. The van der Waals surface area contributed by atoms with Gasteiger partial charge in [0, 0.05) is 13.1 Å². The Balaban J connectivity index is 2.57. The Morgan fingerprint density at radius 2 is 2.27 bits per heavy atom. The summed E-state index contributed by atoms with van der Waals surface area (Å²) in [6.07, 6.45) is 0.974. The molecule has 0 spiro atoms. The van der Waals surface area contributed by atoms with Crippen LogP contribution < -0.4 is 0 Å². The highest BCUT2D eigenvalue weighted by molar-refractivity contribution is 5.71. The molecular weight excluding hydrogens is 142 g/mol. The number of carboxylic acids is 1. The third kappa shape index (κ3) is 1.71. The third-order valence-corrected chi connectivity index (χ3v) is 2.47. The fourth-order valence-electron chi connectivity index (χ4n) is 1.78. The number of hydrogen-bond acceptors (Lipinski definition) is 2. The number of carboxylic acid groups (broad SMARTS) is 1. The Morgan fingerprint density at radius 3 is 2.64 bits per heavy atom. The van der Waals surface area contributed by atoms with Crippen LogP contribution in [0.5, 0.6) is 0 Å². The molecule has 0 bridgehead atoms. The van der Waals surface area contributed by atoms with E-state index in [-0.39, 0.29) is 5.92 Å². The lowest BCUT2D eigenvalue weighted by atomic mass is 9.94. The van der Waals surface area contributed by atoms with Gasteiger partial charge in [-0.2, -0.15) is 0 Å². The molecule has 2 atom stereocenters. The van der Waals surface area contributed by atoms with Crippen LogP contribution in [0.3, 0.4) is 0 Å². The third-order valence-electron chi connectivity index (χ3n) is 2.47. The first kappa shape index (κ1) is 8.53. The van der Waals surface area contributed by atoms with Gasteiger partial charge in [-0.05, 0) is 13.0 Å². The quantitative estimate of drug-likeness (QED) is 0.640. The second-order valence-corrected chi connectivity index (χ2v) is 3.33. The normalized spacial score (nSPS) is 32.5. The van der Waals surface area contributed by atoms with E-state index in [1.165, 1.54) is 0 Å². The molecule has 3 heteroatoms. The highest BCUT2D eigenvalue weighted by Gasteiger charge is 2.34. The first-order valence-electron chi connectivity index (χ1n) is 4.06. The lowest BCUT2D eigenvalue weighted by molar-refractivity contribution is -0.142. The van der Waals surface area contributed by atoms with Crippen molar-refractivity contribution in [2.75, 3.05) is 20.1 Å². The van der Waals surface area contributed by atoms with Crippen molar-refractivity contribution in [2.45, 2.75) is 13.3 Å². The van der Waals surface area contributed by atoms with Crippen molar-refractivity contribution in [1.82, 2.24) is 4.90 Å². The van der Waals surface area contributed by atoms with Crippen LogP contribution in [0.1, 0.15) is 13.3 Å². The van der Waals surface area contributed by atoms with Gasteiger partial charge in [0.1, 0.15) is 0 Å². The van der Waals surface area contributed by atoms with Crippen LogP contribution in [0.4, 0.5) is 0 Å². The molecule has 1 aliphatic heterocycles. The van der Waals surface area contributed by atoms with Crippen molar-refractivity contribution in [1.29, 1.82) is 0 Å². The molecule has 1 heterocycles. The standard InChI is InChI=1S/C8H15NO2/c1-3-6-4-9(2)5-7(6)8(10)11/h6-7H,3-5H2,1-2H3,(H,10,11)/t6-,7+/m1/s1. The SMILES string of the molecule is CC[C@@H]1CN(C)C[C@@H]1C(=O)O. The van der Waals surface area contributed by atoms with Crippen molar-refractivity contribution in [2.24, 2.45) is 11.8 Å². The average Bonchev–Trinajstić information content (AvgIpc) is 2.30. The summed E-state index contributed by atoms with van der Waals surface area (Å²) in [6.45, 7) is 3.71. The Morgan fingerprint density at radius 1 is 1.64 bits per heavy atom. The summed E-state index contributed by atoms with van der Waals surface area (Å²) in [7, 11) is 1.98. The molecule has 11 heavy (non-hydrogen) atoms. The van der Waals surface area contributed by atoms with Crippen molar-refractivity contribution in [3.63, 3.8) is 0 Å². The summed E-state index contributed by atoms with van der Waals surface area (Å²) in [6, 6.07) is 0. The fourth-order valence-corrected chi connectivity index (χ4v) is 1.78. The zero-order valence-corrected chi connectivity index (χ0v) is 7.08. The number of nitrogens with zero attached hydrogens (tertiary/aromatic N) is 1. The molecule has 1 rings (SSSR count). The molecule has 1 N–H and O–H groups in total. The minimum absolute atomic E-state index is 0.134. The van der Waals surface area contributed by atoms with Gasteiger partial charge < -0.3 is 10.0 Å². The largest absolute Gasteiger partial charge is 0.481 e. The van der Waals surface area contributed by atoms with Gasteiger partial charge in [-0.25, -0.2) is 0 Å². The van der Waals surface area contributed by atoms with Crippen molar-refractivity contribution >= 4 is 5.97 Å². The molecule has 0 aromatic carbocycles. The van der Waals surface area contributed by atoms with E-state index in [4.69, 9.17) is 5.11 Å². The molecule has 1 saturated heterocycles. The molecule has 0 aromatic rings. The minimum atomic E-state index is -0.638. The molecule has 1 aliphatic rings. The molecule has 1 fully saturated rings. The number of likely N-dealkylation sites (tertiary alicyclic amines) is 1. The van der Waals surface area contributed by atoms with Crippen LogP contribution in [0.15, 0.2) is 0 Å². The minimum Gasteiger partial charge on any atom is -0.481 e. The number of aliphatic carboxylic acids is 1. The molecule has 0 aromatic heterocycles. The second-order valence-electron chi connectivity index (χ2n) is 3.33. The van der Waals surface area contributed by atoms with E-state index >= 15 is 0 Å². The molecule has 0 radical (unpaired) electrons. The molecule has 0 unspecified atom stereocenters. The first-order chi connectivity index (χ1) is 5.15. The first-order valence-corrected chi connectivity index (χ1v) is 4.06. The van der Waals surface area contributed by atoms with Crippen LogP contribution in [-0.4, -0.2) is 36.1 Å². The smallest absolute Gasteiger partial charge is 0.308 e. The summed E-state index contributed by atoms with van der Waals surface area (Å²) in [5, 5.41) is 8.81. The van der Waals surface area contributed by atoms with E-state index in [1.54, 1.807) is 0 Å². The van der Waals surface area contributed by atoms with Gasteiger partial charge in [-0.15, -0.1) is 0 Å². The molecular formula is C8H15NO2. The summed E-state index contributed by atoms with van der Waals surface area (Å²) in [5.41, 5.74) is 0. The van der Waals surface area contributed by atoms with E-state index in [1.807, 2.05) is 7.05 Å². The molecule has 3 nitrogen and oxygen atoms in total.